The number of ether oxygens (including phenoxy) is 1. The number of halogens is 2. The van der Waals surface area contributed by atoms with Gasteiger partial charge in [-0.05, 0) is 34.5 Å². The molecule has 2 aromatic rings. The highest BCUT2D eigenvalue weighted by Gasteiger charge is 2.21. The zero-order chi connectivity index (χ0) is 12.4. The molecule has 17 heavy (non-hydrogen) atoms. The topological polar surface area (TPSA) is 35.2 Å². The number of methoxy groups -OCH3 is 1. The zero-order valence-corrected chi connectivity index (χ0v) is 9.93. The summed E-state index contributed by atoms with van der Waals surface area (Å²) < 4.78 is 32.4. The van der Waals surface area contributed by atoms with Crippen LogP contribution in [-0.4, -0.2) is 7.11 Å². The number of hydrogen-bond acceptors (Lipinski definition) is 3. The van der Waals surface area contributed by atoms with E-state index in [1.165, 1.54) is 24.5 Å². The minimum Gasteiger partial charge on any atom is -0.494 e. The number of nitrogens with two attached hydrogens (primary N) is 1. The molecule has 0 saturated heterocycles. The third kappa shape index (κ3) is 2.16. The molecule has 0 bridgehead atoms. The van der Waals surface area contributed by atoms with E-state index in [0.29, 0.717) is 5.56 Å². The molecule has 2 nitrogen and oxygen atoms in total. The Labute approximate surface area is 102 Å². The summed E-state index contributed by atoms with van der Waals surface area (Å²) in [6, 6.07) is 3.32. The fourth-order valence-corrected chi connectivity index (χ4v) is 2.31. The van der Waals surface area contributed by atoms with Crippen molar-refractivity contribution >= 4 is 11.3 Å². The quantitative estimate of drug-likeness (QED) is 0.914. The Kier molecular flexibility index (Phi) is 3.40. The molecule has 2 rings (SSSR count). The fourth-order valence-electron chi connectivity index (χ4n) is 1.61. The van der Waals surface area contributed by atoms with Gasteiger partial charge in [0.1, 0.15) is 5.82 Å². The lowest BCUT2D eigenvalue weighted by atomic mass is 10.0. The third-order valence-electron chi connectivity index (χ3n) is 2.52. The smallest absolute Gasteiger partial charge is 0.173 e. The van der Waals surface area contributed by atoms with Gasteiger partial charge in [-0.3, -0.25) is 0 Å². The van der Waals surface area contributed by atoms with Crippen LogP contribution in [0.4, 0.5) is 8.78 Å². The van der Waals surface area contributed by atoms with Crippen molar-refractivity contribution in [1.82, 2.24) is 0 Å². The summed E-state index contributed by atoms with van der Waals surface area (Å²) in [5.41, 5.74) is 6.37. The molecule has 0 radical (unpaired) electrons. The number of rotatable bonds is 3. The largest absolute Gasteiger partial charge is 0.494 e. The molecule has 1 aromatic heterocycles. The average Bonchev–Trinajstić information content (AvgIpc) is 2.82. The first-order chi connectivity index (χ1) is 8.15. The lowest BCUT2D eigenvalue weighted by Gasteiger charge is -2.14. The fraction of sp³-hybridized carbons (Fsp3) is 0.167. The van der Waals surface area contributed by atoms with Gasteiger partial charge in [-0.1, -0.05) is 0 Å². The lowest BCUT2D eigenvalue weighted by molar-refractivity contribution is 0.379. The zero-order valence-electron chi connectivity index (χ0n) is 9.11. The van der Waals surface area contributed by atoms with E-state index in [1.54, 1.807) is 11.4 Å². The summed E-state index contributed by atoms with van der Waals surface area (Å²) in [5, 5.41) is 3.58. The first kappa shape index (κ1) is 12.0. The van der Waals surface area contributed by atoms with Crippen LogP contribution in [0.3, 0.4) is 0 Å². The Morgan fingerprint density at radius 1 is 1.29 bits per heavy atom. The Morgan fingerprint density at radius 2 is 2.06 bits per heavy atom. The van der Waals surface area contributed by atoms with Crippen LogP contribution in [0.1, 0.15) is 17.2 Å². The predicted molar refractivity (Wildman–Crippen MR) is 63.3 cm³/mol. The van der Waals surface area contributed by atoms with E-state index in [0.717, 1.165) is 6.07 Å². The highest BCUT2D eigenvalue weighted by atomic mass is 32.1. The normalized spacial score (nSPS) is 12.5. The van der Waals surface area contributed by atoms with Crippen molar-refractivity contribution in [1.29, 1.82) is 0 Å². The van der Waals surface area contributed by atoms with Gasteiger partial charge in [-0.25, -0.2) is 8.78 Å². The van der Waals surface area contributed by atoms with Crippen molar-refractivity contribution in [3.05, 3.63) is 51.7 Å². The van der Waals surface area contributed by atoms with E-state index in [2.05, 4.69) is 0 Å². The molecule has 1 heterocycles. The van der Waals surface area contributed by atoms with E-state index in [4.69, 9.17) is 10.5 Å². The highest BCUT2D eigenvalue weighted by Crippen LogP contribution is 2.30. The molecule has 0 aliphatic carbocycles. The summed E-state index contributed by atoms with van der Waals surface area (Å²) in [6.45, 7) is 0. The van der Waals surface area contributed by atoms with E-state index in [1.807, 2.05) is 5.38 Å². The van der Waals surface area contributed by atoms with Gasteiger partial charge >= 0.3 is 0 Å². The number of thiophene rings is 1. The van der Waals surface area contributed by atoms with Crippen LogP contribution in [-0.2, 0) is 0 Å². The first-order valence-electron chi connectivity index (χ1n) is 4.94. The standard InChI is InChI=1S/C12H11F2NOS/c1-16-9-3-2-8(13)10(11(9)14)12(15)7-4-5-17-6-7/h2-6,12H,15H2,1H3/t12-/m1/s1. The molecule has 1 aromatic carbocycles. The average molecular weight is 255 g/mol. The van der Waals surface area contributed by atoms with Gasteiger partial charge in [-0.2, -0.15) is 11.3 Å². The van der Waals surface area contributed by atoms with E-state index in [9.17, 15) is 8.78 Å². The van der Waals surface area contributed by atoms with Crippen molar-refractivity contribution in [3.8, 4) is 5.75 Å². The van der Waals surface area contributed by atoms with Crippen LogP contribution >= 0.6 is 11.3 Å². The predicted octanol–water partition coefficient (Wildman–Crippen LogP) is 3.08. The molecule has 0 aliphatic heterocycles. The van der Waals surface area contributed by atoms with Crippen molar-refractivity contribution in [2.24, 2.45) is 5.73 Å². The molecule has 1 atom stereocenters. The molecule has 0 amide bonds. The Morgan fingerprint density at radius 3 is 2.65 bits per heavy atom. The summed E-state index contributed by atoms with van der Waals surface area (Å²) in [5.74, 6) is -1.42. The van der Waals surface area contributed by atoms with Crippen LogP contribution in [0.15, 0.2) is 29.0 Å². The monoisotopic (exact) mass is 255 g/mol. The minimum absolute atomic E-state index is 0.00733. The SMILES string of the molecule is COc1ccc(F)c([C@H](N)c2ccsc2)c1F. The summed E-state index contributed by atoms with van der Waals surface area (Å²) >= 11 is 1.43. The molecular weight excluding hydrogens is 244 g/mol. The van der Waals surface area contributed by atoms with Gasteiger partial charge in [0.15, 0.2) is 11.6 Å². The maximum Gasteiger partial charge on any atom is 0.173 e. The van der Waals surface area contributed by atoms with Crippen molar-refractivity contribution < 1.29 is 13.5 Å². The minimum atomic E-state index is -0.823. The van der Waals surface area contributed by atoms with Gasteiger partial charge in [-0.15, -0.1) is 0 Å². The molecule has 90 valence electrons. The Bertz CT molecular complexity index is 513. The maximum absolute atomic E-state index is 13.9. The summed E-state index contributed by atoms with van der Waals surface area (Å²) in [6.07, 6.45) is 0. The highest BCUT2D eigenvalue weighted by molar-refractivity contribution is 7.08. The lowest BCUT2D eigenvalue weighted by Crippen LogP contribution is -2.15. The summed E-state index contributed by atoms with van der Waals surface area (Å²) in [7, 11) is 1.33. The number of benzene rings is 1. The van der Waals surface area contributed by atoms with Gasteiger partial charge in [0.25, 0.3) is 0 Å². The van der Waals surface area contributed by atoms with E-state index in [-0.39, 0.29) is 11.3 Å². The molecule has 2 N–H and O–H groups in total. The third-order valence-corrected chi connectivity index (χ3v) is 3.23. The van der Waals surface area contributed by atoms with E-state index < -0.39 is 17.7 Å². The van der Waals surface area contributed by atoms with Crippen LogP contribution in [0.25, 0.3) is 0 Å². The van der Waals surface area contributed by atoms with Gasteiger partial charge in [0.05, 0.1) is 13.2 Å². The van der Waals surface area contributed by atoms with Crippen molar-refractivity contribution in [2.45, 2.75) is 6.04 Å². The van der Waals surface area contributed by atoms with Crippen LogP contribution in [0.2, 0.25) is 0 Å². The summed E-state index contributed by atoms with van der Waals surface area (Å²) in [4.78, 5) is 0. The number of hydrogen-bond donors (Lipinski definition) is 1. The molecule has 0 unspecified atom stereocenters. The van der Waals surface area contributed by atoms with Gasteiger partial charge in [0, 0.05) is 5.56 Å². The molecule has 0 saturated carbocycles. The Balaban J connectivity index is 2.51. The molecule has 0 fully saturated rings. The second kappa shape index (κ2) is 4.81. The maximum atomic E-state index is 13.9. The van der Waals surface area contributed by atoms with Crippen LogP contribution in [0.5, 0.6) is 5.75 Å². The van der Waals surface area contributed by atoms with Crippen LogP contribution in [0, 0.1) is 11.6 Å². The van der Waals surface area contributed by atoms with Crippen LogP contribution < -0.4 is 10.5 Å². The second-order valence-corrected chi connectivity index (χ2v) is 4.29. The van der Waals surface area contributed by atoms with Gasteiger partial charge < -0.3 is 10.5 Å². The molecule has 0 aliphatic rings. The van der Waals surface area contributed by atoms with Crippen molar-refractivity contribution in [3.63, 3.8) is 0 Å². The molecule has 0 spiro atoms. The second-order valence-electron chi connectivity index (χ2n) is 3.51. The first-order valence-corrected chi connectivity index (χ1v) is 5.89. The molecule has 5 heteroatoms. The Hall–Kier alpha value is -1.46. The molecular formula is C12H11F2NOS. The van der Waals surface area contributed by atoms with E-state index >= 15 is 0 Å². The van der Waals surface area contributed by atoms with Gasteiger partial charge in [0.2, 0.25) is 0 Å². The van der Waals surface area contributed by atoms with Crippen molar-refractivity contribution in [2.75, 3.05) is 7.11 Å².